The Morgan fingerprint density at radius 1 is 1.03 bits per heavy atom. The highest BCUT2D eigenvalue weighted by atomic mass is 16.5. The second kappa shape index (κ2) is 9.06. The predicted molar refractivity (Wildman–Crippen MR) is 126 cm³/mol. The topological polar surface area (TPSA) is 84.1 Å². The molecule has 32 heavy (non-hydrogen) atoms. The van der Waals surface area contributed by atoms with Crippen LogP contribution in [-0.2, 0) is 9.53 Å². The van der Waals surface area contributed by atoms with Crippen LogP contribution >= 0.6 is 0 Å². The van der Waals surface area contributed by atoms with Crippen LogP contribution in [0, 0.1) is 13.8 Å². The number of imidazole rings is 1. The number of amides is 1. The second-order valence-corrected chi connectivity index (χ2v) is 7.76. The maximum atomic E-state index is 13.1. The number of anilines is 1. The molecule has 1 unspecified atom stereocenters. The summed E-state index contributed by atoms with van der Waals surface area (Å²) < 4.78 is 5.63. The molecule has 0 aliphatic heterocycles. The third-order valence-electron chi connectivity index (χ3n) is 5.35. The summed E-state index contributed by atoms with van der Waals surface area (Å²) >= 11 is 0. The summed E-state index contributed by atoms with van der Waals surface area (Å²) in [7, 11) is 0. The number of carbonyl (C=O) groups excluding carboxylic acids is 2. The molecule has 0 fully saturated rings. The Kier molecular flexibility index (Phi) is 6.03. The van der Waals surface area contributed by atoms with Crippen LogP contribution in [0.25, 0.3) is 22.4 Å². The van der Waals surface area contributed by atoms with Crippen molar-refractivity contribution in [2.24, 2.45) is 0 Å². The fourth-order valence-corrected chi connectivity index (χ4v) is 3.55. The van der Waals surface area contributed by atoms with E-state index in [1.54, 1.807) is 12.1 Å². The van der Waals surface area contributed by atoms with Gasteiger partial charge in [0.25, 0.3) is 5.91 Å². The van der Waals surface area contributed by atoms with Gasteiger partial charge in [-0.3, -0.25) is 4.79 Å². The van der Waals surface area contributed by atoms with E-state index in [0.717, 1.165) is 22.2 Å². The van der Waals surface area contributed by atoms with Gasteiger partial charge in [0.2, 0.25) is 0 Å². The van der Waals surface area contributed by atoms with Gasteiger partial charge in [0, 0.05) is 11.3 Å². The number of esters is 1. The largest absolute Gasteiger partial charge is 0.449 e. The minimum atomic E-state index is -0.911. The molecular weight excluding hydrogens is 402 g/mol. The number of carbonyl (C=O) groups is 2. The minimum Gasteiger partial charge on any atom is -0.449 e. The van der Waals surface area contributed by atoms with Gasteiger partial charge in [0.05, 0.1) is 16.6 Å². The van der Waals surface area contributed by atoms with Gasteiger partial charge in [-0.2, -0.15) is 0 Å². The number of benzene rings is 3. The van der Waals surface area contributed by atoms with Crippen molar-refractivity contribution in [1.29, 1.82) is 0 Å². The number of hydrogen-bond donors (Lipinski definition) is 2. The lowest BCUT2D eigenvalue weighted by Crippen LogP contribution is -2.32. The zero-order valence-corrected chi connectivity index (χ0v) is 18.3. The SMILES string of the molecule is CCC(OC(=O)c1ccccc1-c1nc2ccccc2[nH]1)C(=O)Nc1cc(C)ccc1C. The van der Waals surface area contributed by atoms with E-state index >= 15 is 0 Å². The molecule has 0 aliphatic carbocycles. The van der Waals surface area contributed by atoms with Gasteiger partial charge in [0.1, 0.15) is 5.82 Å². The van der Waals surface area contributed by atoms with E-state index in [1.165, 1.54) is 0 Å². The van der Waals surface area contributed by atoms with E-state index in [9.17, 15) is 9.59 Å². The molecule has 0 saturated carbocycles. The molecule has 2 N–H and O–H groups in total. The van der Waals surface area contributed by atoms with Crippen molar-refractivity contribution in [3.8, 4) is 11.4 Å². The zero-order valence-electron chi connectivity index (χ0n) is 18.3. The van der Waals surface area contributed by atoms with Gasteiger partial charge < -0.3 is 15.0 Å². The fraction of sp³-hybridized carbons (Fsp3) is 0.192. The molecule has 4 rings (SSSR count). The van der Waals surface area contributed by atoms with Crippen LogP contribution < -0.4 is 5.32 Å². The highest BCUT2D eigenvalue weighted by molar-refractivity contribution is 6.00. The number of rotatable bonds is 6. The summed E-state index contributed by atoms with van der Waals surface area (Å²) in [5.74, 6) is -0.341. The third-order valence-corrected chi connectivity index (χ3v) is 5.35. The first kappa shape index (κ1) is 21.3. The van der Waals surface area contributed by atoms with E-state index in [1.807, 2.05) is 75.4 Å². The number of aromatic nitrogens is 2. The molecule has 6 nitrogen and oxygen atoms in total. The number of aryl methyl sites for hydroxylation is 2. The van der Waals surface area contributed by atoms with E-state index < -0.39 is 12.1 Å². The maximum absolute atomic E-state index is 13.1. The molecule has 0 saturated heterocycles. The molecule has 4 aromatic rings. The van der Waals surface area contributed by atoms with Crippen LogP contribution in [0.15, 0.2) is 66.7 Å². The lowest BCUT2D eigenvalue weighted by molar-refractivity contribution is -0.124. The van der Waals surface area contributed by atoms with Gasteiger partial charge in [-0.15, -0.1) is 0 Å². The van der Waals surface area contributed by atoms with Gasteiger partial charge in [-0.1, -0.05) is 49.4 Å². The summed E-state index contributed by atoms with van der Waals surface area (Å²) in [6, 6.07) is 20.6. The van der Waals surface area contributed by atoms with E-state index in [-0.39, 0.29) is 5.91 Å². The number of para-hydroxylation sites is 2. The molecule has 0 spiro atoms. The molecule has 1 heterocycles. The van der Waals surface area contributed by atoms with Crippen LogP contribution in [0.2, 0.25) is 0 Å². The van der Waals surface area contributed by atoms with Gasteiger partial charge >= 0.3 is 5.97 Å². The van der Waals surface area contributed by atoms with Crippen LogP contribution in [0.3, 0.4) is 0 Å². The first-order valence-corrected chi connectivity index (χ1v) is 10.6. The van der Waals surface area contributed by atoms with Crippen LogP contribution in [0.1, 0.15) is 34.8 Å². The number of nitrogens with zero attached hydrogens (tertiary/aromatic N) is 1. The van der Waals surface area contributed by atoms with Gasteiger partial charge in [0.15, 0.2) is 6.10 Å². The Hall–Kier alpha value is -3.93. The first-order chi connectivity index (χ1) is 15.5. The number of fused-ring (bicyclic) bond motifs is 1. The van der Waals surface area contributed by atoms with Crippen molar-refractivity contribution < 1.29 is 14.3 Å². The predicted octanol–water partition coefficient (Wildman–Crippen LogP) is 5.42. The van der Waals surface area contributed by atoms with Crippen molar-refractivity contribution in [2.45, 2.75) is 33.3 Å². The number of ether oxygens (including phenoxy) is 1. The summed E-state index contributed by atoms with van der Waals surface area (Å²) in [5.41, 5.74) is 5.36. The second-order valence-electron chi connectivity index (χ2n) is 7.76. The monoisotopic (exact) mass is 427 g/mol. The Morgan fingerprint density at radius 3 is 2.56 bits per heavy atom. The van der Waals surface area contributed by atoms with Gasteiger partial charge in [-0.25, -0.2) is 9.78 Å². The average Bonchev–Trinajstić information content (AvgIpc) is 3.24. The van der Waals surface area contributed by atoms with Crippen molar-refractivity contribution in [3.05, 3.63) is 83.4 Å². The Balaban J connectivity index is 1.56. The molecule has 162 valence electrons. The lowest BCUT2D eigenvalue weighted by atomic mass is 10.1. The van der Waals surface area contributed by atoms with Gasteiger partial charge in [-0.05, 0) is 55.7 Å². The molecule has 6 heteroatoms. The molecule has 1 aromatic heterocycles. The van der Waals surface area contributed by atoms with Crippen LogP contribution in [-0.4, -0.2) is 27.9 Å². The lowest BCUT2D eigenvalue weighted by Gasteiger charge is -2.18. The molecule has 0 aliphatic rings. The number of hydrogen-bond acceptors (Lipinski definition) is 4. The number of aromatic amines is 1. The normalized spacial score (nSPS) is 11.8. The Bertz CT molecular complexity index is 1260. The Morgan fingerprint density at radius 2 is 1.78 bits per heavy atom. The standard InChI is InChI=1S/C26H25N3O3/c1-4-23(25(30)29-22-15-16(2)13-14-17(22)3)32-26(31)19-10-6-5-9-18(19)24-27-20-11-7-8-12-21(20)28-24/h5-15,23H,4H2,1-3H3,(H,27,28)(H,29,30). The number of H-pyrrole nitrogens is 1. The summed E-state index contributed by atoms with van der Waals surface area (Å²) in [5, 5.41) is 2.89. The third kappa shape index (κ3) is 4.39. The van der Waals surface area contributed by atoms with Crippen molar-refractivity contribution in [1.82, 2.24) is 9.97 Å². The quantitative estimate of drug-likeness (QED) is 0.402. The smallest absolute Gasteiger partial charge is 0.339 e. The molecular formula is C26H25N3O3. The Labute approximate surface area is 186 Å². The fourth-order valence-electron chi connectivity index (χ4n) is 3.55. The molecule has 1 amide bonds. The van der Waals surface area contributed by atoms with E-state index in [2.05, 4.69) is 15.3 Å². The summed E-state index contributed by atoms with van der Waals surface area (Å²) in [6.07, 6.45) is -0.555. The van der Waals surface area contributed by atoms with Crippen LogP contribution in [0.4, 0.5) is 5.69 Å². The molecule has 3 aromatic carbocycles. The molecule has 0 radical (unpaired) electrons. The molecule has 1 atom stereocenters. The zero-order chi connectivity index (χ0) is 22.7. The van der Waals surface area contributed by atoms with E-state index in [0.29, 0.717) is 29.1 Å². The molecule has 0 bridgehead atoms. The van der Waals surface area contributed by atoms with Crippen LogP contribution in [0.5, 0.6) is 0 Å². The first-order valence-electron chi connectivity index (χ1n) is 10.6. The van der Waals surface area contributed by atoms with Crippen molar-refractivity contribution in [2.75, 3.05) is 5.32 Å². The maximum Gasteiger partial charge on any atom is 0.339 e. The van der Waals surface area contributed by atoms with Crippen molar-refractivity contribution >= 4 is 28.6 Å². The minimum absolute atomic E-state index is 0.351. The van der Waals surface area contributed by atoms with E-state index in [4.69, 9.17) is 4.74 Å². The van der Waals surface area contributed by atoms with Crippen molar-refractivity contribution in [3.63, 3.8) is 0 Å². The summed E-state index contributed by atoms with van der Waals surface area (Å²) in [6.45, 7) is 5.69. The summed E-state index contributed by atoms with van der Waals surface area (Å²) in [4.78, 5) is 33.7. The highest BCUT2D eigenvalue weighted by Gasteiger charge is 2.24. The highest BCUT2D eigenvalue weighted by Crippen LogP contribution is 2.25. The number of nitrogens with one attached hydrogen (secondary N) is 2. The average molecular weight is 428 g/mol.